The third kappa shape index (κ3) is 3.32. The van der Waals surface area contributed by atoms with Crippen LogP contribution in [-0.2, 0) is 6.42 Å². The average Bonchev–Trinajstić information content (AvgIpc) is 2.95. The highest BCUT2D eigenvalue weighted by molar-refractivity contribution is 7.16. The van der Waals surface area contributed by atoms with Crippen LogP contribution in [0.3, 0.4) is 0 Å². The van der Waals surface area contributed by atoms with Crippen LogP contribution in [0.25, 0.3) is 0 Å². The summed E-state index contributed by atoms with van der Waals surface area (Å²) >= 11 is 7.37. The van der Waals surface area contributed by atoms with Gasteiger partial charge in [0.25, 0.3) is 5.91 Å². The number of amides is 1. The summed E-state index contributed by atoms with van der Waals surface area (Å²) in [7, 11) is 0. The summed E-state index contributed by atoms with van der Waals surface area (Å²) in [5.74, 6) is -0.0504. The monoisotopic (exact) mass is 312 g/mol. The lowest BCUT2D eigenvalue weighted by Gasteiger charge is -2.04. The maximum atomic E-state index is 12.0. The van der Waals surface area contributed by atoms with Gasteiger partial charge in [-0.1, -0.05) is 25.4 Å². The van der Waals surface area contributed by atoms with Crippen molar-refractivity contribution >= 4 is 34.5 Å². The molecule has 0 spiro atoms. The molecule has 4 N–H and O–H groups in total. The van der Waals surface area contributed by atoms with E-state index in [1.165, 1.54) is 11.3 Å². The fourth-order valence-corrected chi connectivity index (χ4v) is 2.93. The molecule has 0 aromatic carbocycles. The number of carbonyl (C=O) groups excluding carboxylic acids is 1. The number of hydrogen-bond donors (Lipinski definition) is 3. The number of thiophene rings is 1. The van der Waals surface area contributed by atoms with E-state index < -0.39 is 0 Å². The Morgan fingerprint density at radius 2 is 2.30 bits per heavy atom. The summed E-state index contributed by atoms with van der Waals surface area (Å²) in [6.07, 6.45) is 0.741. The second-order valence-corrected chi connectivity index (χ2v) is 6.57. The first-order chi connectivity index (χ1) is 9.49. The van der Waals surface area contributed by atoms with Gasteiger partial charge in [-0.05, 0) is 24.5 Å². The molecular formula is C13H17ClN4OS. The molecule has 0 saturated heterocycles. The Balaban J connectivity index is 1.92. The predicted octanol–water partition coefficient (Wildman–Crippen LogP) is 2.80. The number of aromatic amines is 1. The Kier molecular flexibility index (Phi) is 4.67. The molecule has 1 amide bonds. The Hall–Kier alpha value is -1.53. The van der Waals surface area contributed by atoms with Gasteiger partial charge in [-0.2, -0.15) is 5.10 Å². The summed E-state index contributed by atoms with van der Waals surface area (Å²) in [5, 5.41) is 9.61. The van der Waals surface area contributed by atoms with Crippen molar-refractivity contribution in [2.45, 2.75) is 26.2 Å². The molecule has 20 heavy (non-hydrogen) atoms. The second kappa shape index (κ2) is 6.28. The minimum absolute atomic E-state index is 0.206. The fraction of sp³-hybridized carbons (Fsp3) is 0.385. The zero-order valence-corrected chi connectivity index (χ0v) is 12.9. The van der Waals surface area contributed by atoms with Gasteiger partial charge in [0.1, 0.15) is 0 Å². The number of aromatic nitrogens is 2. The van der Waals surface area contributed by atoms with Gasteiger partial charge in [0.2, 0.25) is 0 Å². The number of carbonyl (C=O) groups is 1. The lowest BCUT2D eigenvalue weighted by atomic mass is 10.1. The molecule has 0 aliphatic rings. The number of nitrogens with two attached hydrogens (primary N) is 1. The van der Waals surface area contributed by atoms with Crippen molar-refractivity contribution in [2.24, 2.45) is 0 Å². The van der Waals surface area contributed by atoms with Crippen molar-refractivity contribution in [3.05, 3.63) is 32.7 Å². The van der Waals surface area contributed by atoms with Crippen molar-refractivity contribution in [1.29, 1.82) is 0 Å². The summed E-state index contributed by atoms with van der Waals surface area (Å²) in [6.45, 7) is 4.51. The highest BCUT2D eigenvalue weighted by Gasteiger charge is 2.18. The Bertz CT molecular complexity index is 605. The van der Waals surface area contributed by atoms with Gasteiger partial charge in [-0.25, -0.2) is 0 Å². The first kappa shape index (κ1) is 14.9. The molecule has 0 atom stereocenters. The number of rotatable bonds is 5. The molecule has 108 valence electrons. The zero-order chi connectivity index (χ0) is 14.7. The van der Waals surface area contributed by atoms with Crippen molar-refractivity contribution < 1.29 is 4.79 Å². The molecule has 0 radical (unpaired) electrons. The second-order valence-electron chi connectivity index (χ2n) is 4.77. The molecule has 2 aromatic rings. The van der Waals surface area contributed by atoms with Crippen LogP contribution >= 0.6 is 22.9 Å². The molecular weight excluding hydrogens is 296 g/mol. The third-order valence-corrected chi connectivity index (χ3v) is 4.20. The van der Waals surface area contributed by atoms with E-state index in [1.807, 2.05) is 26.0 Å². The molecule has 2 aromatic heterocycles. The van der Waals surface area contributed by atoms with Gasteiger partial charge in [-0.3, -0.25) is 9.89 Å². The van der Waals surface area contributed by atoms with Crippen molar-refractivity contribution in [2.75, 3.05) is 12.3 Å². The average molecular weight is 313 g/mol. The van der Waals surface area contributed by atoms with Crippen molar-refractivity contribution in [1.82, 2.24) is 15.5 Å². The summed E-state index contributed by atoms with van der Waals surface area (Å²) in [4.78, 5) is 13.1. The lowest BCUT2D eigenvalue weighted by molar-refractivity contribution is 0.0950. The van der Waals surface area contributed by atoms with Crippen LogP contribution in [0.1, 0.15) is 40.8 Å². The predicted molar refractivity (Wildman–Crippen MR) is 82.5 cm³/mol. The van der Waals surface area contributed by atoms with Crippen LogP contribution in [0.5, 0.6) is 0 Å². The van der Waals surface area contributed by atoms with E-state index in [2.05, 4.69) is 15.5 Å². The number of nitrogens with zero attached hydrogens (tertiary/aromatic N) is 1. The summed E-state index contributed by atoms with van der Waals surface area (Å²) < 4.78 is 0.754. The molecule has 0 fully saturated rings. The summed E-state index contributed by atoms with van der Waals surface area (Å²) in [6, 6.07) is 3.81. The van der Waals surface area contributed by atoms with E-state index in [9.17, 15) is 4.79 Å². The summed E-state index contributed by atoms with van der Waals surface area (Å²) in [5.41, 5.74) is 7.40. The maximum Gasteiger partial charge on any atom is 0.273 e. The standard InChI is InChI=1S/C13H17ClN4OS/c1-7(2)11-10(15)12(18-17-11)13(19)16-6-5-8-3-4-9(14)20-8/h3-4,7H,5-6,15H2,1-2H3,(H,16,19)(H,17,18). The molecule has 0 aliphatic carbocycles. The van der Waals surface area contributed by atoms with Crippen molar-refractivity contribution in [3.8, 4) is 0 Å². The van der Waals surface area contributed by atoms with Crippen LogP contribution in [0.15, 0.2) is 12.1 Å². The maximum absolute atomic E-state index is 12.0. The molecule has 0 unspecified atom stereocenters. The third-order valence-electron chi connectivity index (χ3n) is 2.91. The largest absolute Gasteiger partial charge is 0.395 e. The quantitative estimate of drug-likeness (QED) is 0.793. The van der Waals surface area contributed by atoms with Gasteiger partial charge in [-0.15, -0.1) is 11.3 Å². The van der Waals surface area contributed by atoms with Gasteiger partial charge in [0.05, 0.1) is 15.7 Å². The Morgan fingerprint density at radius 3 is 2.85 bits per heavy atom. The van der Waals surface area contributed by atoms with E-state index in [-0.39, 0.29) is 17.5 Å². The molecule has 0 bridgehead atoms. The van der Waals surface area contributed by atoms with Crippen LogP contribution < -0.4 is 11.1 Å². The Morgan fingerprint density at radius 1 is 1.55 bits per heavy atom. The van der Waals surface area contributed by atoms with E-state index in [1.54, 1.807) is 0 Å². The van der Waals surface area contributed by atoms with Crippen molar-refractivity contribution in [3.63, 3.8) is 0 Å². The topological polar surface area (TPSA) is 83.8 Å². The molecule has 5 nitrogen and oxygen atoms in total. The zero-order valence-electron chi connectivity index (χ0n) is 11.4. The first-order valence-corrected chi connectivity index (χ1v) is 7.54. The number of halogens is 1. The number of H-pyrrole nitrogens is 1. The van der Waals surface area contributed by atoms with Gasteiger partial charge >= 0.3 is 0 Å². The highest BCUT2D eigenvalue weighted by atomic mass is 35.5. The number of nitrogen functional groups attached to an aromatic ring is 1. The van der Waals surface area contributed by atoms with Gasteiger partial charge in [0.15, 0.2) is 5.69 Å². The minimum atomic E-state index is -0.256. The molecule has 2 rings (SSSR count). The van der Waals surface area contributed by atoms with E-state index in [0.29, 0.717) is 12.2 Å². The van der Waals surface area contributed by atoms with Gasteiger partial charge in [0, 0.05) is 11.4 Å². The number of nitrogens with one attached hydrogen (secondary N) is 2. The van der Waals surface area contributed by atoms with Crippen LogP contribution in [0.4, 0.5) is 5.69 Å². The number of anilines is 1. The number of hydrogen-bond acceptors (Lipinski definition) is 4. The SMILES string of the molecule is CC(C)c1[nH]nc(C(=O)NCCc2ccc(Cl)s2)c1N. The molecule has 2 heterocycles. The molecule has 0 saturated carbocycles. The van der Waals surface area contributed by atoms with E-state index in [0.717, 1.165) is 21.3 Å². The van der Waals surface area contributed by atoms with Crippen LogP contribution in [0, 0.1) is 0 Å². The first-order valence-electron chi connectivity index (χ1n) is 6.35. The van der Waals surface area contributed by atoms with E-state index in [4.69, 9.17) is 17.3 Å². The highest BCUT2D eigenvalue weighted by Crippen LogP contribution is 2.22. The fourth-order valence-electron chi connectivity index (χ4n) is 1.85. The van der Waals surface area contributed by atoms with E-state index >= 15 is 0 Å². The van der Waals surface area contributed by atoms with Crippen LogP contribution in [0.2, 0.25) is 4.34 Å². The van der Waals surface area contributed by atoms with Crippen LogP contribution in [-0.4, -0.2) is 22.6 Å². The molecule has 7 heteroatoms. The minimum Gasteiger partial charge on any atom is -0.395 e. The van der Waals surface area contributed by atoms with Gasteiger partial charge < -0.3 is 11.1 Å². The normalized spacial score (nSPS) is 11.0. The molecule has 0 aliphatic heterocycles. The smallest absolute Gasteiger partial charge is 0.273 e. The Labute approximate surface area is 126 Å². The lowest BCUT2D eigenvalue weighted by Crippen LogP contribution is -2.26.